The van der Waals surface area contributed by atoms with Crippen LogP contribution in [0.1, 0.15) is 59.6 Å². The summed E-state index contributed by atoms with van der Waals surface area (Å²) in [5.74, 6) is -0.450. The highest BCUT2D eigenvalue weighted by molar-refractivity contribution is 6.56. The minimum absolute atomic E-state index is 0.0501. The van der Waals surface area contributed by atoms with E-state index in [2.05, 4.69) is 5.32 Å². The van der Waals surface area contributed by atoms with Gasteiger partial charge in [-0.2, -0.15) is 0 Å². The second-order valence-electron chi connectivity index (χ2n) is 9.18. The summed E-state index contributed by atoms with van der Waals surface area (Å²) in [6, 6.07) is 4.36. The molecule has 29 heavy (non-hydrogen) atoms. The number of carbonyl (C=O) groups is 1. The molecule has 160 valence electrons. The molecule has 0 atom stereocenters. The van der Waals surface area contributed by atoms with Gasteiger partial charge in [-0.1, -0.05) is 12.1 Å². The lowest BCUT2D eigenvalue weighted by atomic mass is 9.77. The fourth-order valence-corrected chi connectivity index (χ4v) is 2.69. The number of nitrogens with one attached hydrogen (secondary N) is 1. The van der Waals surface area contributed by atoms with Crippen molar-refractivity contribution in [1.82, 2.24) is 5.32 Å². The third-order valence-corrected chi connectivity index (χ3v) is 4.98. The monoisotopic (exact) mass is 407 g/mol. The number of rotatable bonds is 5. The molecule has 1 aliphatic rings. The second kappa shape index (κ2) is 8.46. The maximum absolute atomic E-state index is 14.4. The lowest BCUT2D eigenvalue weighted by Gasteiger charge is -2.32. The van der Waals surface area contributed by atoms with Crippen LogP contribution in [0.5, 0.6) is 0 Å². The van der Waals surface area contributed by atoms with Gasteiger partial charge in [-0.15, -0.1) is 0 Å². The molecule has 0 radical (unpaired) electrons. The van der Waals surface area contributed by atoms with Crippen LogP contribution in [0.25, 0.3) is 6.08 Å². The number of amides is 1. The smallest absolute Gasteiger partial charge is 0.444 e. The Morgan fingerprint density at radius 2 is 1.83 bits per heavy atom. The van der Waals surface area contributed by atoms with E-state index in [1.807, 2.05) is 27.7 Å². The third kappa shape index (κ3) is 6.04. The number of benzene rings is 1. The number of carbonyl (C=O) groups excluding carboxylic acids is 1. The molecule has 0 aliphatic carbocycles. The number of ether oxygens (including phenoxy) is 1. The predicted molar refractivity (Wildman–Crippen MR) is 111 cm³/mol. The second-order valence-corrected chi connectivity index (χ2v) is 9.18. The van der Waals surface area contributed by atoms with Crippen molar-refractivity contribution in [1.29, 1.82) is 0 Å². The summed E-state index contributed by atoms with van der Waals surface area (Å²) >= 11 is 0. The minimum Gasteiger partial charge on any atom is -0.444 e. The topological polar surface area (TPSA) is 77.0 Å². The normalized spacial score (nSPS) is 18.7. The van der Waals surface area contributed by atoms with E-state index in [1.165, 1.54) is 12.1 Å². The largest absolute Gasteiger partial charge is 0.492 e. The Hall–Kier alpha value is -1.90. The first-order chi connectivity index (χ1) is 13.2. The van der Waals surface area contributed by atoms with Gasteiger partial charge in [0.15, 0.2) is 0 Å². The zero-order valence-corrected chi connectivity index (χ0v) is 18.3. The Kier molecular flexibility index (Phi) is 6.82. The lowest BCUT2D eigenvalue weighted by Crippen LogP contribution is -2.41. The number of alkyl carbamates (subject to hydrolysis) is 1. The van der Waals surface area contributed by atoms with Gasteiger partial charge in [-0.3, -0.25) is 0 Å². The number of aliphatic hydroxyl groups excluding tert-OH is 1. The van der Waals surface area contributed by atoms with Crippen molar-refractivity contribution < 1.29 is 28.3 Å². The Morgan fingerprint density at radius 3 is 2.34 bits per heavy atom. The van der Waals surface area contributed by atoms with Gasteiger partial charge in [-0.05, 0) is 71.6 Å². The van der Waals surface area contributed by atoms with Crippen molar-refractivity contribution in [2.75, 3.05) is 6.54 Å². The van der Waals surface area contributed by atoms with Crippen LogP contribution in [0, 0.1) is 5.82 Å². The fourth-order valence-electron chi connectivity index (χ4n) is 2.69. The highest BCUT2D eigenvalue weighted by Crippen LogP contribution is 2.38. The molecule has 2 rings (SSSR count). The van der Waals surface area contributed by atoms with Crippen LogP contribution >= 0.6 is 0 Å². The number of halogens is 1. The summed E-state index contributed by atoms with van der Waals surface area (Å²) in [7, 11) is -0.771. The summed E-state index contributed by atoms with van der Waals surface area (Å²) < 4.78 is 31.8. The molecule has 6 nitrogen and oxygen atoms in total. The molecule has 8 heteroatoms. The zero-order chi connectivity index (χ0) is 22.0. The van der Waals surface area contributed by atoms with E-state index in [1.54, 1.807) is 32.9 Å². The van der Waals surface area contributed by atoms with Gasteiger partial charge in [0.25, 0.3) is 0 Å². The Balaban J connectivity index is 2.33. The SMILES string of the molecule is CC(C)(C)OC(=O)NCC(=Cc1cc(CO)ccc1F)B1OC(C)(C)C(C)(C)O1. The van der Waals surface area contributed by atoms with E-state index < -0.39 is 35.8 Å². The van der Waals surface area contributed by atoms with Crippen molar-refractivity contribution in [2.24, 2.45) is 0 Å². The minimum atomic E-state index is -0.771. The molecule has 1 saturated heterocycles. The molecule has 1 heterocycles. The van der Waals surface area contributed by atoms with Crippen LogP contribution < -0.4 is 5.32 Å². The number of aliphatic hydroxyl groups is 1. The van der Waals surface area contributed by atoms with Crippen molar-refractivity contribution >= 4 is 19.3 Å². The average molecular weight is 407 g/mol. The van der Waals surface area contributed by atoms with Crippen LogP contribution in [0.15, 0.2) is 23.7 Å². The molecule has 1 aliphatic heterocycles. The molecule has 1 aromatic rings. The van der Waals surface area contributed by atoms with E-state index in [0.29, 0.717) is 11.0 Å². The molecular formula is C21H31BFNO5. The van der Waals surface area contributed by atoms with E-state index in [-0.39, 0.29) is 18.7 Å². The van der Waals surface area contributed by atoms with Gasteiger partial charge in [0.05, 0.1) is 17.8 Å². The highest BCUT2D eigenvalue weighted by atomic mass is 19.1. The van der Waals surface area contributed by atoms with Crippen LogP contribution in [-0.2, 0) is 20.7 Å². The maximum Gasteiger partial charge on any atom is 0.492 e. The van der Waals surface area contributed by atoms with Gasteiger partial charge in [0, 0.05) is 12.1 Å². The van der Waals surface area contributed by atoms with Crippen LogP contribution in [-0.4, -0.2) is 41.7 Å². The predicted octanol–water partition coefficient (Wildman–Crippen LogP) is 3.86. The summed E-state index contributed by atoms with van der Waals surface area (Å²) in [6.45, 7) is 12.8. The summed E-state index contributed by atoms with van der Waals surface area (Å²) in [5.41, 5.74) is -0.441. The van der Waals surface area contributed by atoms with E-state index in [4.69, 9.17) is 14.0 Å². The molecular weight excluding hydrogens is 376 g/mol. The quantitative estimate of drug-likeness (QED) is 0.725. The Morgan fingerprint density at radius 1 is 1.24 bits per heavy atom. The molecule has 1 aromatic carbocycles. The van der Waals surface area contributed by atoms with Gasteiger partial charge in [0.2, 0.25) is 0 Å². The van der Waals surface area contributed by atoms with Gasteiger partial charge in [-0.25, -0.2) is 9.18 Å². The molecule has 0 unspecified atom stereocenters. The van der Waals surface area contributed by atoms with Crippen LogP contribution in [0.4, 0.5) is 9.18 Å². The van der Waals surface area contributed by atoms with E-state index >= 15 is 0 Å². The molecule has 1 fully saturated rings. The first kappa shape index (κ1) is 23.4. The third-order valence-electron chi connectivity index (χ3n) is 4.98. The molecule has 0 aromatic heterocycles. The number of hydrogen-bond donors (Lipinski definition) is 2. The van der Waals surface area contributed by atoms with Crippen molar-refractivity contribution in [3.8, 4) is 0 Å². The number of hydrogen-bond acceptors (Lipinski definition) is 5. The lowest BCUT2D eigenvalue weighted by molar-refractivity contribution is 0.00578. The standard InChI is InChI=1S/C21H31BFNO5/c1-19(2,3)27-18(26)24-12-16(22-28-20(4,5)21(6,7)29-22)11-15-10-14(13-25)8-9-17(15)23/h8-11,25H,12-13H2,1-7H3,(H,24,26). The maximum atomic E-state index is 14.4. The van der Waals surface area contributed by atoms with Crippen molar-refractivity contribution in [2.45, 2.75) is 71.9 Å². The van der Waals surface area contributed by atoms with Crippen LogP contribution in [0.3, 0.4) is 0 Å². The molecule has 1 amide bonds. The van der Waals surface area contributed by atoms with Gasteiger partial charge >= 0.3 is 13.2 Å². The molecule has 0 bridgehead atoms. The van der Waals surface area contributed by atoms with E-state index in [0.717, 1.165) is 0 Å². The summed E-state index contributed by atoms with van der Waals surface area (Å²) in [6.07, 6.45) is 0.984. The Bertz CT molecular complexity index is 770. The summed E-state index contributed by atoms with van der Waals surface area (Å²) in [4.78, 5) is 12.1. The van der Waals surface area contributed by atoms with Crippen LogP contribution in [0.2, 0.25) is 0 Å². The average Bonchev–Trinajstić information content (AvgIpc) is 2.79. The van der Waals surface area contributed by atoms with Gasteiger partial charge < -0.3 is 24.5 Å². The van der Waals surface area contributed by atoms with Crippen molar-refractivity contribution in [3.05, 3.63) is 40.6 Å². The van der Waals surface area contributed by atoms with E-state index in [9.17, 15) is 14.3 Å². The molecule has 0 spiro atoms. The highest BCUT2D eigenvalue weighted by Gasteiger charge is 2.52. The Labute approximate surface area is 172 Å². The zero-order valence-electron chi connectivity index (χ0n) is 18.3. The summed E-state index contributed by atoms with van der Waals surface area (Å²) in [5, 5.41) is 12.0. The molecule has 0 saturated carbocycles. The van der Waals surface area contributed by atoms with Crippen molar-refractivity contribution in [3.63, 3.8) is 0 Å². The fraction of sp³-hybridized carbons (Fsp3) is 0.571. The first-order valence-electron chi connectivity index (χ1n) is 9.66. The first-order valence-corrected chi connectivity index (χ1v) is 9.66. The van der Waals surface area contributed by atoms with Gasteiger partial charge in [0.1, 0.15) is 11.4 Å². The molecule has 2 N–H and O–H groups in total.